The molecule has 0 saturated heterocycles. The molecule has 0 bridgehead atoms. The molecular formula is C18H16F4N4O2. The first-order valence-electron chi connectivity index (χ1n) is 8.20. The van der Waals surface area contributed by atoms with Crippen molar-refractivity contribution >= 4 is 11.6 Å². The maximum Gasteiger partial charge on any atom is 0.433 e. The maximum atomic E-state index is 13.5. The second-order valence-corrected chi connectivity index (χ2v) is 6.26. The molecule has 0 aliphatic heterocycles. The van der Waals surface area contributed by atoms with Crippen molar-refractivity contribution < 1.29 is 27.1 Å². The third-order valence-electron chi connectivity index (χ3n) is 3.89. The summed E-state index contributed by atoms with van der Waals surface area (Å²) >= 11 is 0. The number of hydrogen-bond acceptors (Lipinski definition) is 5. The molecule has 2 aromatic heterocycles. The van der Waals surface area contributed by atoms with Crippen molar-refractivity contribution in [3.63, 3.8) is 0 Å². The minimum atomic E-state index is -4.74. The number of likely N-dealkylation sites (N-methyl/N-ethyl adjacent to an activating group) is 1. The number of rotatable bonds is 5. The Hall–Kier alpha value is -3.01. The number of carbonyl (C=O) groups is 1. The Morgan fingerprint density at radius 1 is 1.21 bits per heavy atom. The van der Waals surface area contributed by atoms with E-state index in [9.17, 15) is 22.4 Å². The second-order valence-electron chi connectivity index (χ2n) is 6.26. The lowest BCUT2D eigenvalue weighted by molar-refractivity contribution is -0.142. The van der Waals surface area contributed by atoms with E-state index >= 15 is 0 Å². The van der Waals surface area contributed by atoms with Gasteiger partial charge >= 0.3 is 12.1 Å². The number of fused-ring (bicyclic) bond motifs is 1. The number of esters is 1. The fourth-order valence-electron chi connectivity index (χ4n) is 2.48. The van der Waals surface area contributed by atoms with Gasteiger partial charge in [0.2, 0.25) is 0 Å². The van der Waals surface area contributed by atoms with E-state index in [0.717, 1.165) is 24.4 Å². The molecule has 0 aliphatic carbocycles. The minimum absolute atomic E-state index is 0.0625. The zero-order chi connectivity index (χ0) is 20.5. The van der Waals surface area contributed by atoms with Gasteiger partial charge in [0, 0.05) is 12.1 Å². The summed E-state index contributed by atoms with van der Waals surface area (Å²) in [6.07, 6.45) is -3.75. The van der Waals surface area contributed by atoms with E-state index in [0.29, 0.717) is 11.1 Å². The molecule has 1 aromatic carbocycles. The molecule has 3 rings (SSSR count). The summed E-state index contributed by atoms with van der Waals surface area (Å²) in [7, 11) is 3.57. The van der Waals surface area contributed by atoms with Crippen molar-refractivity contribution in [2.45, 2.75) is 6.18 Å². The number of alkyl halides is 3. The third-order valence-corrected chi connectivity index (χ3v) is 3.89. The molecule has 10 heteroatoms. The zero-order valence-corrected chi connectivity index (χ0v) is 15.0. The molecule has 0 saturated carbocycles. The first kappa shape index (κ1) is 19.7. The van der Waals surface area contributed by atoms with Gasteiger partial charge < -0.3 is 9.64 Å². The van der Waals surface area contributed by atoms with Crippen LogP contribution in [-0.2, 0) is 10.9 Å². The second kappa shape index (κ2) is 7.55. The van der Waals surface area contributed by atoms with Gasteiger partial charge in [-0.25, -0.2) is 18.7 Å². The molecule has 0 atom stereocenters. The first-order chi connectivity index (χ1) is 13.2. The molecule has 148 valence electrons. The van der Waals surface area contributed by atoms with Crippen molar-refractivity contribution in [3.05, 3.63) is 53.6 Å². The lowest BCUT2D eigenvalue weighted by Crippen LogP contribution is -2.20. The van der Waals surface area contributed by atoms with E-state index in [1.807, 2.05) is 0 Å². The summed E-state index contributed by atoms with van der Waals surface area (Å²) in [6.45, 7) is 0.514. The summed E-state index contributed by atoms with van der Waals surface area (Å²) < 4.78 is 59.3. The van der Waals surface area contributed by atoms with Crippen LogP contribution in [0.15, 0.2) is 36.5 Å². The molecule has 6 nitrogen and oxygen atoms in total. The molecule has 0 aliphatic rings. The molecule has 3 aromatic rings. The van der Waals surface area contributed by atoms with Gasteiger partial charge in [0.1, 0.15) is 18.0 Å². The highest BCUT2D eigenvalue weighted by Gasteiger charge is 2.36. The number of ether oxygens (including phenoxy) is 1. The van der Waals surface area contributed by atoms with Gasteiger partial charge in [0.05, 0.1) is 11.9 Å². The van der Waals surface area contributed by atoms with Crippen LogP contribution in [0.2, 0.25) is 0 Å². The summed E-state index contributed by atoms with van der Waals surface area (Å²) in [5.41, 5.74) is -1.38. The summed E-state index contributed by atoms with van der Waals surface area (Å²) in [4.78, 5) is 18.2. The highest BCUT2D eigenvalue weighted by atomic mass is 19.4. The van der Waals surface area contributed by atoms with Gasteiger partial charge in [-0.05, 0) is 44.4 Å². The average Bonchev–Trinajstić information content (AvgIpc) is 3.04. The van der Waals surface area contributed by atoms with Crippen molar-refractivity contribution in [2.24, 2.45) is 0 Å². The monoisotopic (exact) mass is 396 g/mol. The number of nitrogens with zero attached hydrogens (tertiary/aromatic N) is 4. The lowest BCUT2D eigenvalue weighted by Gasteiger charge is -2.12. The Kier molecular flexibility index (Phi) is 5.32. The van der Waals surface area contributed by atoms with E-state index in [2.05, 4.69) is 10.1 Å². The van der Waals surface area contributed by atoms with Gasteiger partial charge in [-0.15, -0.1) is 0 Å². The Balaban J connectivity index is 2.09. The molecule has 0 spiro atoms. The smallest absolute Gasteiger partial charge is 0.433 e. The Labute approximate surface area is 157 Å². The predicted molar refractivity (Wildman–Crippen MR) is 92.2 cm³/mol. The van der Waals surface area contributed by atoms with Crippen molar-refractivity contribution in [2.75, 3.05) is 27.2 Å². The van der Waals surface area contributed by atoms with Gasteiger partial charge in [-0.3, -0.25) is 0 Å². The van der Waals surface area contributed by atoms with Crippen LogP contribution in [0.5, 0.6) is 0 Å². The van der Waals surface area contributed by atoms with Crippen LogP contribution in [0.1, 0.15) is 16.1 Å². The maximum absolute atomic E-state index is 13.5. The molecule has 0 fully saturated rings. The van der Waals surface area contributed by atoms with Crippen LogP contribution in [0, 0.1) is 5.82 Å². The van der Waals surface area contributed by atoms with Crippen LogP contribution in [0.25, 0.3) is 16.9 Å². The van der Waals surface area contributed by atoms with Gasteiger partial charge in [0.15, 0.2) is 11.3 Å². The molecule has 2 heterocycles. The van der Waals surface area contributed by atoms with Crippen LogP contribution < -0.4 is 0 Å². The number of hydrogen-bond donors (Lipinski definition) is 0. The number of benzene rings is 1. The summed E-state index contributed by atoms with van der Waals surface area (Å²) in [6, 6.07) is 5.64. The number of carbonyl (C=O) groups excluding carboxylic acids is 1. The van der Waals surface area contributed by atoms with Crippen LogP contribution in [0.3, 0.4) is 0 Å². The molecular weight excluding hydrogens is 380 g/mol. The SMILES string of the molecule is CN(C)CCOC(=O)c1cnn2c(C(F)(F)F)cc(-c3ccc(F)cc3)nc12. The van der Waals surface area contributed by atoms with E-state index in [1.54, 1.807) is 19.0 Å². The standard InChI is InChI=1S/C18H16F4N4O2/c1-25(2)7-8-28-17(27)13-10-23-26-15(18(20,21)22)9-14(24-16(13)26)11-3-5-12(19)6-4-11/h3-6,9-10H,7-8H2,1-2H3. The predicted octanol–water partition coefficient (Wildman–Crippen LogP) is 3.27. The normalized spacial score (nSPS) is 12.0. The van der Waals surface area contributed by atoms with Gasteiger partial charge in [-0.1, -0.05) is 0 Å². The largest absolute Gasteiger partial charge is 0.461 e. The Morgan fingerprint density at radius 3 is 2.50 bits per heavy atom. The van der Waals surface area contributed by atoms with Crippen molar-refractivity contribution in [1.29, 1.82) is 0 Å². The third kappa shape index (κ3) is 4.11. The van der Waals surface area contributed by atoms with Crippen LogP contribution in [-0.4, -0.2) is 52.7 Å². The van der Waals surface area contributed by atoms with E-state index < -0.39 is 23.7 Å². The fourth-order valence-corrected chi connectivity index (χ4v) is 2.48. The molecule has 0 N–H and O–H groups in total. The average molecular weight is 396 g/mol. The first-order valence-corrected chi connectivity index (χ1v) is 8.20. The van der Waals surface area contributed by atoms with E-state index in [1.165, 1.54) is 12.1 Å². The van der Waals surface area contributed by atoms with Gasteiger partial charge in [-0.2, -0.15) is 18.3 Å². The molecule has 0 unspecified atom stereocenters. The molecule has 0 radical (unpaired) electrons. The van der Waals surface area contributed by atoms with Gasteiger partial charge in [0.25, 0.3) is 0 Å². The van der Waals surface area contributed by atoms with E-state index in [4.69, 9.17) is 4.74 Å². The number of aromatic nitrogens is 3. The topological polar surface area (TPSA) is 59.7 Å². The zero-order valence-electron chi connectivity index (χ0n) is 15.0. The summed E-state index contributed by atoms with van der Waals surface area (Å²) in [5.74, 6) is -1.36. The Bertz CT molecular complexity index is 997. The fraction of sp³-hybridized carbons (Fsp3) is 0.278. The lowest BCUT2D eigenvalue weighted by atomic mass is 10.1. The summed E-state index contributed by atoms with van der Waals surface area (Å²) in [5, 5.41) is 3.66. The molecule has 0 amide bonds. The number of halogens is 4. The highest BCUT2D eigenvalue weighted by Crippen LogP contribution is 2.32. The van der Waals surface area contributed by atoms with Crippen molar-refractivity contribution in [3.8, 4) is 11.3 Å². The minimum Gasteiger partial charge on any atom is -0.461 e. The van der Waals surface area contributed by atoms with Crippen molar-refractivity contribution in [1.82, 2.24) is 19.5 Å². The highest BCUT2D eigenvalue weighted by molar-refractivity contribution is 5.96. The van der Waals surface area contributed by atoms with Crippen LogP contribution >= 0.6 is 0 Å². The quantitative estimate of drug-likeness (QED) is 0.489. The Morgan fingerprint density at radius 2 is 1.89 bits per heavy atom. The molecule has 28 heavy (non-hydrogen) atoms. The van der Waals surface area contributed by atoms with E-state index in [-0.39, 0.29) is 29.1 Å². The van der Waals surface area contributed by atoms with Crippen LogP contribution in [0.4, 0.5) is 17.6 Å².